The van der Waals surface area contributed by atoms with Crippen molar-refractivity contribution in [3.63, 3.8) is 0 Å². The number of rotatable bonds is 4. The van der Waals surface area contributed by atoms with E-state index >= 15 is 0 Å². The summed E-state index contributed by atoms with van der Waals surface area (Å²) in [6, 6.07) is -0.679. The van der Waals surface area contributed by atoms with Gasteiger partial charge in [-0.25, -0.2) is 4.79 Å². The van der Waals surface area contributed by atoms with E-state index in [1.807, 2.05) is 0 Å². The molecule has 1 rings (SSSR count). The lowest BCUT2D eigenvalue weighted by molar-refractivity contribution is -0.117. The topological polar surface area (TPSA) is 110 Å². The summed E-state index contributed by atoms with van der Waals surface area (Å²) in [6.45, 7) is 5.16. The number of aromatic nitrogens is 2. The van der Waals surface area contributed by atoms with Crippen molar-refractivity contribution in [1.29, 1.82) is 0 Å². The maximum atomic E-state index is 11.6. The molecule has 0 spiro atoms. The molecule has 17 heavy (non-hydrogen) atoms. The zero-order valence-electron chi connectivity index (χ0n) is 10.0. The van der Waals surface area contributed by atoms with Crippen molar-refractivity contribution in [1.82, 2.24) is 10.2 Å². The summed E-state index contributed by atoms with van der Waals surface area (Å²) in [5.41, 5.74) is 6.16. The number of ether oxygens (including phenoxy) is 1. The molecule has 0 aromatic carbocycles. The number of carbonyl (C=O) groups excluding carboxylic acids is 2. The summed E-state index contributed by atoms with van der Waals surface area (Å²) in [7, 11) is 0. The van der Waals surface area contributed by atoms with Gasteiger partial charge in [0, 0.05) is 5.69 Å². The lowest BCUT2D eigenvalue weighted by atomic mass is 10.2. The molecule has 0 radical (unpaired) electrons. The van der Waals surface area contributed by atoms with Crippen molar-refractivity contribution in [2.45, 2.75) is 26.8 Å². The van der Waals surface area contributed by atoms with Crippen LogP contribution < -0.4 is 11.1 Å². The first-order valence-electron chi connectivity index (χ1n) is 5.25. The van der Waals surface area contributed by atoms with Gasteiger partial charge < -0.3 is 15.8 Å². The summed E-state index contributed by atoms with van der Waals surface area (Å²) < 4.78 is 4.87. The van der Waals surface area contributed by atoms with Gasteiger partial charge in [0.2, 0.25) is 5.91 Å². The second kappa shape index (κ2) is 5.44. The highest BCUT2D eigenvalue weighted by molar-refractivity contribution is 6.02. The van der Waals surface area contributed by atoms with Gasteiger partial charge in [0.25, 0.3) is 0 Å². The van der Waals surface area contributed by atoms with Crippen molar-refractivity contribution in [3.8, 4) is 0 Å². The van der Waals surface area contributed by atoms with Crippen LogP contribution in [0.1, 0.15) is 29.9 Å². The van der Waals surface area contributed by atoms with Crippen molar-refractivity contribution >= 4 is 17.7 Å². The zero-order chi connectivity index (χ0) is 13.0. The average Bonchev–Trinajstić information content (AvgIpc) is 2.60. The minimum absolute atomic E-state index is 0.142. The number of esters is 1. The summed E-state index contributed by atoms with van der Waals surface area (Å²) in [4.78, 5) is 23.0. The molecule has 0 aliphatic carbocycles. The number of aromatic amines is 1. The van der Waals surface area contributed by atoms with Crippen molar-refractivity contribution in [2.75, 3.05) is 11.9 Å². The molecule has 1 heterocycles. The highest BCUT2D eigenvalue weighted by Gasteiger charge is 2.21. The van der Waals surface area contributed by atoms with Crippen molar-refractivity contribution < 1.29 is 14.3 Å². The zero-order valence-corrected chi connectivity index (χ0v) is 10.0. The quantitative estimate of drug-likeness (QED) is 0.650. The molecule has 0 fully saturated rings. The molecule has 1 amide bonds. The predicted octanol–water partition coefficient (Wildman–Crippen LogP) is 0.181. The lowest BCUT2D eigenvalue weighted by Crippen LogP contribution is -2.33. The number of carbonyl (C=O) groups is 2. The number of nitrogens with two attached hydrogens (primary N) is 1. The van der Waals surface area contributed by atoms with Crippen LogP contribution in [0.25, 0.3) is 0 Å². The van der Waals surface area contributed by atoms with Crippen molar-refractivity contribution in [3.05, 3.63) is 11.3 Å². The molecule has 1 aromatic heterocycles. The average molecular weight is 240 g/mol. The smallest absolute Gasteiger partial charge is 0.343 e. The first-order valence-corrected chi connectivity index (χ1v) is 5.25. The minimum atomic E-state index is -0.679. The number of aryl methyl sites for hydroxylation is 1. The van der Waals surface area contributed by atoms with Crippen molar-refractivity contribution in [2.24, 2.45) is 5.73 Å². The molecule has 0 saturated carbocycles. The van der Waals surface area contributed by atoms with E-state index in [4.69, 9.17) is 10.5 Å². The molecule has 0 saturated heterocycles. The van der Waals surface area contributed by atoms with Crippen LogP contribution in [-0.4, -0.2) is 34.7 Å². The van der Waals surface area contributed by atoms with E-state index in [0.29, 0.717) is 5.69 Å². The Labute approximate surface area is 98.7 Å². The van der Waals surface area contributed by atoms with Crippen LogP contribution in [0.15, 0.2) is 0 Å². The Balaban J connectivity index is 2.94. The third kappa shape index (κ3) is 3.04. The van der Waals surface area contributed by atoms with Crippen LogP contribution in [0.3, 0.4) is 0 Å². The van der Waals surface area contributed by atoms with E-state index in [-0.39, 0.29) is 18.0 Å². The van der Waals surface area contributed by atoms with Crippen LogP contribution >= 0.6 is 0 Å². The summed E-state index contributed by atoms with van der Waals surface area (Å²) in [5.74, 6) is -0.802. The van der Waals surface area contributed by atoms with Crippen LogP contribution in [0.5, 0.6) is 0 Å². The van der Waals surface area contributed by atoms with Crippen LogP contribution in [0, 0.1) is 6.92 Å². The standard InChI is InChI=1S/C10H16N4O3/c1-4-17-10(16)7-6(3)13-14-8(7)12-9(15)5(2)11/h5H,4,11H2,1-3H3,(H2,12,13,14,15). The van der Waals surface area contributed by atoms with Gasteiger partial charge in [-0.2, -0.15) is 5.10 Å². The Morgan fingerprint density at radius 2 is 2.24 bits per heavy atom. The minimum Gasteiger partial charge on any atom is -0.462 e. The third-order valence-corrected chi connectivity index (χ3v) is 2.08. The molecule has 94 valence electrons. The fourth-order valence-corrected chi connectivity index (χ4v) is 1.20. The lowest BCUT2D eigenvalue weighted by Gasteiger charge is -2.07. The van der Waals surface area contributed by atoms with Gasteiger partial charge in [-0.1, -0.05) is 0 Å². The first-order chi connectivity index (χ1) is 7.97. The normalized spacial score (nSPS) is 12.0. The maximum absolute atomic E-state index is 11.6. The molecular formula is C10H16N4O3. The molecule has 0 aliphatic rings. The first kappa shape index (κ1) is 13.2. The molecule has 0 aliphatic heterocycles. The van der Waals surface area contributed by atoms with Crippen LogP contribution in [-0.2, 0) is 9.53 Å². The fraction of sp³-hybridized carbons (Fsp3) is 0.500. The molecule has 4 N–H and O–H groups in total. The second-order valence-electron chi connectivity index (χ2n) is 3.57. The SMILES string of the molecule is CCOC(=O)c1c(NC(=O)C(C)N)n[nH]c1C. The number of nitrogens with one attached hydrogen (secondary N) is 2. The van der Waals surface area contributed by atoms with Gasteiger partial charge >= 0.3 is 5.97 Å². The second-order valence-corrected chi connectivity index (χ2v) is 3.57. The van der Waals surface area contributed by atoms with Gasteiger partial charge in [-0.05, 0) is 20.8 Å². The van der Waals surface area contributed by atoms with Crippen LogP contribution in [0.4, 0.5) is 5.82 Å². The van der Waals surface area contributed by atoms with E-state index in [0.717, 1.165) is 0 Å². The largest absolute Gasteiger partial charge is 0.462 e. The summed E-state index contributed by atoms with van der Waals surface area (Å²) in [6.07, 6.45) is 0. The highest BCUT2D eigenvalue weighted by Crippen LogP contribution is 2.17. The van der Waals surface area contributed by atoms with E-state index in [9.17, 15) is 9.59 Å². The molecule has 1 unspecified atom stereocenters. The molecule has 0 bridgehead atoms. The van der Waals surface area contributed by atoms with Crippen LogP contribution in [0.2, 0.25) is 0 Å². The summed E-state index contributed by atoms with van der Waals surface area (Å²) in [5, 5.41) is 8.91. The molecule has 1 aromatic rings. The fourth-order valence-electron chi connectivity index (χ4n) is 1.20. The van der Waals surface area contributed by atoms with E-state index in [1.54, 1.807) is 20.8 Å². The molecular weight excluding hydrogens is 224 g/mol. The van der Waals surface area contributed by atoms with Gasteiger partial charge in [0.05, 0.1) is 12.6 Å². The molecule has 7 heteroatoms. The Morgan fingerprint density at radius 1 is 1.59 bits per heavy atom. The number of hydrogen-bond donors (Lipinski definition) is 3. The Kier molecular flexibility index (Phi) is 4.22. The highest BCUT2D eigenvalue weighted by atomic mass is 16.5. The van der Waals surface area contributed by atoms with Gasteiger partial charge in [0.15, 0.2) is 5.82 Å². The number of anilines is 1. The number of hydrogen-bond acceptors (Lipinski definition) is 5. The number of nitrogens with zero attached hydrogens (tertiary/aromatic N) is 1. The Morgan fingerprint density at radius 3 is 2.76 bits per heavy atom. The predicted molar refractivity (Wildman–Crippen MR) is 61.6 cm³/mol. The summed E-state index contributed by atoms with van der Waals surface area (Å²) >= 11 is 0. The number of H-pyrrole nitrogens is 1. The maximum Gasteiger partial charge on any atom is 0.343 e. The Hall–Kier alpha value is -1.89. The Bertz CT molecular complexity index is 425. The van der Waals surface area contributed by atoms with E-state index in [2.05, 4.69) is 15.5 Å². The molecule has 7 nitrogen and oxygen atoms in total. The number of amides is 1. The third-order valence-electron chi connectivity index (χ3n) is 2.08. The van der Waals surface area contributed by atoms with E-state index in [1.165, 1.54) is 0 Å². The monoisotopic (exact) mass is 240 g/mol. The van der Waals surface area contributed by atoms with Gasteiger partial charge in [0.1, 0.15) is 5.56 Å². The molecule has 1 atom stereocenters. The van der Waals surface area contributed by atoms with E-state index < -0.39 is 17.9 Å². The van der Waals surface area contributed by atoms with Gasteiger partial charge in [-0.15, -0.1) is 0 Å². The van der Waals surface area contributed by atoms with Gasteiger partial charge in [-0.3, -0.25) is 9.89 Å².